The Morgan fingerprint density at radius 2 is 2.29 bits per heavy atom. The molecule has 0 unspecified atom stereocenters. The molecule has 0 spiro atoms. The number of carbonyl (C=O) groups is 1. The Bertz CT molecular complexity index is 714. The summed E-state index contributed by atoms with van der Waals surface area (Å²) in [5.74, 6) is 0.892. The van der Waals surface area contributed by atoms with E-state index >= 15 is 0 Å². The molecule has 2 atom stereocenters. The topological polar surface area (TPSA) is 76.2 Å². The van der Waals surface area contributed by atoms with Crippen LogP contribution in [0.15, 0.2) is 30.5 Å². The van der Waals surface area contributed by atoms with Crippen molar-refractivity contribution < 1.29 is 14.3 Å². The Hall–Kier alpha value is -2.34. The second-order valence-corrected chi connectivity index (χ2v) is 6.31. The highest BCUT2D eigenvalue weighted by Gasteiger charge is 2.29. The van der Waals surface area contributed by atoms with Gasteiger partial charge >= 0.3 is 0 Å². The van der Waals surface area contributed by atoms with Crippen LogP contribution in [0.5, 0.6) is 5.75 Å². The second-order valence-electron chi connectivity index (χ2n) is 6.31. The van der Waals surface area contributed by atoms with Crippen molar-refractivity contribution in [1.29, 1.82) is 0 Å². The van der Waals surface area contributed by atoms with Crippen molar-refractivity contribution in [2.24, 2.45) is 5.92 Å². The number of hydrogen-bond donors (Lipinski definition) is 2. The van der Waals surface area contributed by atoms with Crippen LogP contribution in [0, 0.1) is 5.92 Å². The van der Waals surface area contributed by atoms with E-state index in [2.05, 4.69) is 15.5 Å². The van der Waals surface area contributed by atoms with Crippen molar-refractivity contribution in [2.45, 2.75) is 25.4 Å². The molecule has 0 radical (unpaired) electrons. The zero-order valence-corrected chi connectivity index (χ0v) is 13.5. The highest BCUT2D eigenvalue weighted by Crippen LogP contribution is 2.33. The predicted molar refractivity (Wildman–Crippen MR) is 88.0 cm³/mol. The minimum Gasteiger partial charge on any atom is -0.492 e. The maximum Gasteiger partial charge on any atom is 0.255 e. The van der Waals surface area contributed by atoms with E-state index in [9.17, 15) is 4.79 Å². The van der Waals surface area contributed by atoms with Crippen molar-refractivity contribution >= 4 is 5.91 Å². The minimum atomic E-state index is -0.0808. The Kier molecular flexibility index (Phi) is 4.21. The summed E-state index contributed by atoms with van der Waals surface area (Å²) in [5.41, 5.74) is 2.71. The van der Waals surface area contributed by atoms with Gasteiger partial charge in [0.2, 0.25) is 0 Å². The van der Waals surface area contributed by atoms with Crippen molar-refractivity contribution in [1.82, 2.24) is 15.5 Å². The van der Waals surface area contributed by atoms with Gasteiger partial charge in [0.15, 0.2) is 0 Å². The van der Waals surface area contributed by atoms with Crippen LogP contribution in [0.4, 0.5) is 0 Å². The molecule has 2 N–H and O–H groups in total. The lowest BCUT2D eigenvalue weighted by molar-refractivity contribution is -0.0297. The molecule has 1 aromatic carbocycles. The molecule has 0 aliphatic carbocycles. The smallest absolute Gasteiger partial charge is 0.255 e. The molecule has 24 heavy (non-hydrogen) atoms. The molecule has 1 saturated heterocycles. The van der Waals surface area contributed by atoms with E-state index in [0.717, 1.165) is 42.9 Å². The van der Waals surface area contributed by atoms with E-state index < -0.39 is 0 Å². The number of nitrogens with one attached hydrogen (secondary N) is 2. The SMILES string of the molecule is O=C(NC[C@@H]1CCCO[C@H]1c1ccn[nH]1)c1cccc2c1OCC2. The van der Waals surface area contributed by atoms with Gasteiger partial charge in [-0.3, -0.25) is 9.89 Å². The van der Waals surface area contributed by atoms with E-state index in [4.69, 9.17) is 9.47 Å². The Balaban J connectivity index is 1.44. The highest BCUT2D eigenvalue weighted by atomic mass is 16.5. The van der Waals surface area contributed by atoms with Crippen LogP contribution in [0.3, 0.4) is 0 Å². The number of benzene rings is 1. The number of hydrogen-bond acceptors (Lipinski definition) is 4. The molecule has 6 nitrogen and oxygen atoms in total. The lowest BCUT2D eigenvalue weighted by Gasteiger charge is -2.31. The third-order valence-corrected chi connectivity index (χ3v) is 4.76. The third-order valence-electron chi connectivity index (χ3n) is 4.76. The molecule has 1 aromatic heterocycles. The van der Waals surface area contributed by atoms with Crippen molar-refractivity contribution in [3.05, 3.63) is 47.3 Å². The molecule has 4 rings (SSSR count). The first-order chi connectivity index (χ1) is 11.8. The zero-order chi connectivity index (χ0) is 16.4. The fourth-order valence-electron chi connectivity index (χ4n) is 3.53. The van der Waals surface area contributed by atoms with Gasteiger partial charge in [-0.15, -0.1) is 0 Å². The van der Waals surface area contributed by atoms with E-state index in [-0.39, 0.29) is 17.9 Å². The molecule has 0 bridgehead atoms. The number of amides is 1. The number of carbonyl (C=O) groups excluding carboxylic acids is 1. The van der Waals surface area contributed by atoms with Crippen LogP contribution >= 0.6 is 0 Å². The van der Waals surface area contributed by atoms with Gasteiger partial charge in [0.25, 0.3) is 5.91 Å². The number of aromatic nitrogens is 2. The summed E-state index contributed by atoms with van der Waals surface area (Å²) in [4.78, 5) is 12.6. The molecule has 2 aliphatic heterocycles. The number of aromatic amines is 1. The largest absolute Gasteiger partial charge is 0.492 e. The van der Waals surface area contributed by atoms with Crippen molar-refractivity contribution in [3.63, 3.8) is 0 Å². The fraction of sp³-hybridized carbons (Fsp3) is 0.444. The molecule has 3 heterocycles. The first-order valence-corrected chi connectivity index (χ1v) is 8.46. The first-order valence-electron chi connectivity index (χ1n) is 8.46. The van der Waals surface area contributed by atoms with Crippen LogP contribution in [-0.2, 0) is 11.2 Å². The van der Waals surface area contributed by atoms with Gasteiger partial charge in [-0.05, 0) is 30.5 Å². The van der Waals surface area contributed by atoms with Crippen LogP contribution < -0.4 is 10.1 Å². The number of H-pyrrole nitrogens is 1. The van der Waals surface area contributed by atoms with Crippen LogP contribution in [-0.4, -0.2) is 35.9 Å². The standard InChI is InChI=1S/C18H21N3O3/c22-18(14-5-1-3-12-7-10-24-16(12)14)19-11-13-4-2-9-23-17(13)15-6-8-20-21-15/h1,3,5-6,8,13,17H,2,4,7,9-11H2,(H,19,22)(H,20,21)/t13-,17+/m0/s1. The van der Waals surface area contributed by atoms with Crippen LogP contribution in [0.1, 0.15) is 40.6 Å². The summed E-state index contributed by atoms with van der Waals surface area (Å²) in [7, 11) is 0. The number of rotatable bonds is 4. The van der Waals surface area contributed by atoms with Gasteiger partial charge in [0.05, 0.1) is 17.9 Å². The van der Waals surface area contributed by atoms with E-state index in [1.54, 1.807) is 6.20 Å². The lowest BCUT2D eigenvalue weighted by atomic mass is 9.92. The van der Waals surface area contributed by atoms with Crippen LogP contribution in [0.2, 0.25) is 0 Å². The summed E-state index contributed by atoms with van der Waals surface area (Å²) in [6.07, 6.45) is 4.59. The van der Waals surface area contributed by atoms with Gasteiger partial charge in [-0.2, -0.15) is 5.10 Å². The van der Waals surface area contributed by atoms with Crippen molar-refractivity contribution in [3.8, 4) is 5.75 Å². The summed E-state index contributed by atoms with van der Waals surface area (Å²) in [6.45, 7) is 1.97. The first kappa shape index (κ1) is 15.2. The lowest BCUT2D eigenvalue weighted by Crippen LogP contribution is -2.35. The summed E-state index contributed by atoms with van der Waals surface area (Å²) < 4.78 is 11.5. The minimum absolute atomic E-state index is 0.0423. The zero-order valence-electron chi connectivity index (χ0n) is 13.5. The van der Waals surface area contributed by atoms with E-state index in [1.165, 1.54) is 0 Å². The van der Waals surface area contributed by atoms with Crippen LogP contribution in [0.25, 0.3) is 0 Å². The molecule has 2 aliphatic rings. The molecule has 1 amide bonds. The maximum atomic E-state index is 12.6. The molecule has 126 valence electrons. The number of nitrogens with zero attached hydrogens (tertiary/aromatic N) is 1. The van der Waals surface area contributed by atoms with E-state index in [1.807, 2.05) is 24.3 Å². The summed E-state index contributed by atoms with van der Waals surface area (Å²) in [5, 5.41) is 10.0. The predicted octanol–water partition coefficient (Wildman–Crippen LogP) is 2.24. The Morgan fingerprint density at radius 1 is 1.33 bits per heavy atom. The number of ether oxygens (including phenoxy) is 2. The number of fused-ring (bicyclic) bond motifs is 1. The molecular formula is C18H21N3O3. The Labute approximate surface area is 140 Å². The Morgan fingerprint density at radius 3 is 3.17 bits per heavy atom. The van der Waals surface area contributed by atoms with E-state index in [0.29, 0.717) is 18.7 Å². The van der Waals surface area contributed by atoms with Gasteiger partial charge in [-0.1, -0.05) is 12.1 Å². The quantitative estimate of drug-likeness (QED) is 0.903. The molecule has 0 saturated carbocycles. The number of para-hydroxylation sites is 1. The fourth-order valence-corrected chi connectivity index (χ4v) is 3.53. The molecule has 1 fully saturated rings. The molecule has 6 heteroatoms. The average Bonchev–Trinajstić information content (AvgIpc) is 3.30. The monoisotopic (exact) mass is 327 g/mol. The summed E-state index contributed by atoms with van der Waals surface area (Å²) in [6, 6.07) is 7.69. The third kappa shape index (κ3) is 2.89. The highest BCUT2D eigenvalue weighted by molar-refractivity contribution is 5.97. The van der Waals surface area contributed by atoms with Crippen molar-refractivity contribution in [2.75, 3.05) is 19.8 Å². The maximum absolute atomic E-state index is 12.6. The normalized spacial score (nSPS) is 22.7. The second kappa shape index (κ2) is 6.65. The molecule has 2 aromatic rings. The summed E-state index contributed by atoms with van der Waals surface area (Å²) >= 11 is 0. The van der Waals surface area contributed by atoms with Gasteiger partial charge in [0, 0.05) is 31.7 Å². The van der Waals surface area contributed by atoms with Gasteiger partial charge in [-0.25, -0.2) is 0 Å². The molecular weight excluding hydrogens is 306 g/mol. The van der Waals surface area contributed by atoms with Gasteiger partial charge in [0.1, 0.15) is 11.9 Å². The van der Waals surface area contributed by atoms with Gasteiger partial charge < -0.3 is 14.8 Å². The average molecular weight is 327 g/mol.